The van der Waals surface area contributed by atoms with Gasteiger partial charge in [0.2, 0.25) is 10.0 Å². The molecule has 20 heavy (non-hydrogen) atoms. The van der Waals surface area contributed by atoms with Gasteiger partial charge in [0, 0.05) is 30.7 Å². The second-order valence-electron chi connectivity index (χ2n) is 5.16. The number of non-ortho nitro benzene ring substituents is 1. The highest BCUT2D eigenvalue weighted by atomic mass is 32.2. The lowest BCUT2D eigenvalue weighted by molar-refractivity contribution is -0.384. The molecule has 1 aromatic carbocycles. The number of rotatable bonds is 7. The fraction of sp³-hybridized carbons (Fsp3) is 0.500. The normalized spacial score (nSPS) is 16.9. The fourth-order valence-electron chi connectivity index (χ4n) is 1.81. The SMILES string of the molecule is O=[N+]([O-])c1ccc(CS(=O)(=O)NCC2(CO)CC2)cc1. The summed E-state index contributed by atoms with van der Waals surface area (Å²) < 4.78 is 26.2. The van der Waals surface area contributed by atoms with E-state index in [0.29, 0.717) is 5.56 Å². The Morgan fingerprint density at radius 3 is 2.35 bits per heavy atom. The van der Waals surface area contributed by atoms with Gasteiger partial charge in [0.05, 0.1) is 10.7 Å². The van der Waals surface area contributed by atoms with Crippen LogP contribution in [0.1, 0.15) is 18.4 Å². The second kappa shape index (κ2) is 5.47. The Hall–Kier alpha value is -1.51. The summed E-state index contributed by atoms with van der Waals surface area (Å²) in [4.78, 5) is 9.97. The van der Waals surface area contributed by atoms with Crippen LogP contribution >= 0.6 is 0 Å². The summed E-state index contributed by atoms with van der Waals surface area (Å²) in [6.45, 7) is 0.214. The number of aliphatic hydroxyl groups is 1. The molecule has 1 fully saturated rings. The first-order chi connectivity index (χ1) is 9.36. The van der Waals surface area contributed by atoms with E-state index >= 15 is 0 Å². The Bertz CT molecular complexity index is 593. The van der Waals surface area contributed by atoms with Gasteiger partial charge in [0.25, 0.3) is 5.69 Å². The van der Waals surface area contributed by atoms with Gasteiger partial charge in [-0.15, -0.1) is 0 Å². The number of hydrogen-bond donors (Lipinski definition) is 2. The van der Waals surface area contributed by atoms with E-state index in [-0.39, 0.29) is 30.0 Å². The smallest absolute Gasteiger partial charge is 0.269 e. The minimum absolute atomic E-state index is 0.0208. The Labute approximate surface area is 116 Å². The zero-order valence-electron chi connectivity index (χ0n) is 10.8. The number of nitrogens with one attached hydrogen (secondary N) is 1. The average Bonchev–Trinajstić information content (AvgIpc) is 3.17. The van der Waals surface area contributed by atoms with Crippen LogP contribution in [0.2, 0.25) is 0 Å². The van der Waals surface area contributed by atoms with Gasteiger partial charge in [-0.25, -0.2) is 13.1 Å². The van der Waals surface area contributed by atoms with Gasteiger partial charge in [-0.3, -0.25) is 10.1 Å². The molecular weight excluding hydrogens is 284 g/mol. The molecule has 1 aromatic rings. The van der Waals surface area contributed by atoms with Crippen molar-refractivity contribution in [3.05, 3.63) is 39.9 Å². The van der Waals surface area contributed by atoms with Crippen molar-refractivity contribution in [3.63, 3.8) is 0 Å². The molecule has 0 amide bonds. The quantitative estimate of drug-likeness (QED) is 0.571. The minimum atomic E-state index is -3.50. The lowest BCUT2D eigenvalue weighted by Gasteiger charge is -2.13. The van der Waals surface area contributed by atoms with Gasteiger partial charge in [-0.2, -0.15) is 0 Å². The van der Waals surface area contributed by atoms with Crippen molar-refractivity contribution in [2.24, 2.45) is 5.41 Å². The number of nitro groups is 1. The maximum atomic E-state index is 11.9. The van der Waals surface area contributed by atoms with E-state index in [4.69, 9.17) is 5.11 Å². The third-order valence-electron chi connectivity index (χ3n) is 3.46. The van der Waals surface area contributed by atoms with Crippen LogP contribution in [0.3, 0.4) is 0 Å². The Morgan fingerprint density at radius 1 is 1.30 bits per heavy atom. The van der Waals surface area contributed by atoms with Crippen molar-refractivity contribution in [2.75, 3.05) is 13.2 Å². The Balaban J connectivity index is 1.95. The molecule has 2 N–H and O–H groups in total. The van der Waals surface area contributed by atoms with E-state index in [1.54, 1.807) is 0 Å². The third kappa shape index (κ3) is 3.75. The summed E-state index contributed by atoms with van der Waals surface area (Å²) in [6, 6.07) is 5.41. The van der Waals surface area contributed by atoms with Crippen molar-refractivity contribution in [3.8, 4) is 0 Å². The first-order valence-corrected chi connectivity index (χ1v) is 7.83. The van der Waals surface area contributed by atoms with Gasteiger partial charge in [-0.1, -0.05) is 12.1 Å². The maximum Gasteiger partial charge on any atom is 0.269 e. The molecule has 8 heteroatoms. The van der Waals surface area contributed by atoms with E-state index in [9.17, 15) is 18.5 Å². The standard InChI is InChI=1S/C12H16N2O5S/c15-9-12(5-6-12)8-13-20(18,19)7-10-1-3-11(4-2-10)14(16)17/h1-4,13,15H,5-9H2. The predicted molar refractivity (Wildman–Crippen MR) is 72.5 cm³/mol. The molecule has 1 aliphatic rings. The molecule has 0 aliphatic heterocycles. The van der Waals surface area contributed by atoms with Crippen LogP contribution in [0, 0.1) is 15.5 Å². The van der Waals surface area contributed by atoms with E-state index in [1.807, 2.05) is 0 Å². The van der Waals surface area contributed by atoms with Crippen molar-refractivity contribution in [1.29, 1.82) is 0 Å². The second-order valence-corrected chi connectivity index (χ2v) is 6.97. The van der Waals surface area contributed by atoms with Gasteiger partial charge in [0.15, 0.2) is 0 Å². The van der Waals surface area contributed by atoms with Crippen molar-refractivity contribution < 1.29 is 18.4 Å². The van der Waals surface area contributed by atoms with Crippen LogP contribution in [0.4, 0.5) is 5.69 Å². The number of aliphatic hydroxyl groups excluding tert-OH is 1. The highest BCUT2D eigenvalue weighted by Crippen LogP contribution is 2.44. The number of sulfonamides is 1. The zero-order valence-corrected chi connectivity index (χ0v) is 11.6. The van der Waals surface area contributed by atoms with Crippen molar-refractivity contribution in [2.45, 2.75) is 18.6 Å². The fourth-order valence-corrected chi connectivity index (χ4v) is 3.07. The molecule has 0 spiro atoms. The van der Waals surface area contributed by atoms with E-state index < -0.39 is 14.9 Å². The molecule has 0 radical (unpaired) electrons. The van der Waals surface area contributed by atoms with Crippen LogP contribution in [-0.2, 0) is 15.8 Å². The third-order valence-corrected chi connectivity index (χ3v) is 4.76. The summed E-state index contributed by atoms with van der Waals surface area (Å²) >= 11 is 0. The monoisotopic (exact) mass is 300 g/mol. The van der Waals surface area contributed by atoms with Crippen LogP contribution in [0.5, 0.6) is 0 Å². The van der Waals surface area contributed by atoms with E-state index in [0.717, 1.165) is 12.8 Å². The molecule has 7 nitrogen and oxygen atoms in total. The molecule has 0 atom stereocenters. The lowest BCUT2D eigenvalue weighted by Crippen LogP contribution is -2.32. The highest BCUT2D eigenvalue weighted by molar-refractivity contribution is 7.88. The largest absolute Gasteiger partial charge is 0.396 e. The molecule has 0 heterocycles. The summed E-state index contributed by atoms with van der Waals surface area (Å²) in [6.07, 6.45) is 1.65. The summed E-state index contributed by atoms with van der Waals surface area (Å²) in [5.74, 6) is -0.230. The molecule has 1 saturated carbocycles. The Kier molecular flexibility index (Phi) is 4.07. The van der Waals surface area contributed by atoms with Gasteiger partial charge in [0.1, 0.15) is 0 Å². The van der Waals surface area contributed by atoms with E-state index in [1.165, 1.54) is 24.3 Å². The van der Waals surface area contributed by atoms with Crippen molar-refractivity contribution >= 4 is 15.7 Å². The van der Waals surface area contributed by atoms with Crippen LogP contribution < -0.4 is 4.72 Å². The number of hydrogen-bond acceptors (Lipinski definition) is 5. The topological polar surface area (TPSA) is 110 Å². The number of nitro benzene ring substituents is 1. The predicted octanol–water partition coefficient (Wildman–Crippen LogP) is 0.787. The first-order valence-electron chi connectivity index (χ1n) is 6.17. The summed E-state index contributed by atoms with van der Waals surface area (Å²) in [5.41, 5.74) is 0.121. The first kappa shape index (κ1) is 14.9. The molecule has 110 valence electrons. The van der Waals surface area contributed by atoms with Gasteiger partial charge in [-0.05, 0) is 18.4 Å². The summed E-state index contributed by atoms with van der Waals surface area (Å²) in [5, 5.41) is 19.6. The van der Waals surface area contributed by atoms with Crippen LogP contribution in [0.25, 0.3) is 0 Å². The van der Waals surface area contributed by atoms with Crippen LogP contribution in [-0.4, -0.2) is 31.6 Å². The molecule has 1 aliphatic carbocycles. The highest BCUT2D eigenvalue weighted by Gasteiger charge is 2.42. The number of nitrogens with zero attached hydrogens (tertiary/aromatic N) is 1. The van der Waals surface area contributed by atoms with Crippen molar-refractivity contribution in [1.82, 2.24) is 4.72 Å². The molecule has 0 saturated heterocycles. The summed E-state index contributed by atoms with van der Waals surface area (Å²) in [7, 11) is -3.50. The van der Waals surface area contributed by atoms with Gasteiger partial charge < -0.3 is 5.11 Å². The minimum Gasteiger partial charge on any atom is -0.396 e. The molecule has 0 bridgehead atoms. The Morgan fingerprint density at radius 2 is 1.90 bits per heavy atom. The maximum absolute atomic E-state index is 11.9. The zero-order chi connectivity index (χ0) is 14.8. The van der Waals surface area contributed by atoms with Crippen LogP contribution in [0.15, 0.2) is 24.3 Å². The average molecular weight is 300 g/mol. The molecule has 2 rings (SSSR count). The van der Waals surface area contributed by atoms with E-state index in [2.05, 4.69) is 4.72 Å². The lowest BCUT2D eigenvalue weighted by atomic mass is 10.1. The molecular formula is C12H16N2O5S. The molecule has 0 aromatic heterocycles. The molecule has 0 unspecified atom stereocenters. The van der Waals surface area contributed by atoms with Gasteiger partial charge >= 0.3 is 0 Å². The number of benzene rings is 1.